The molecule has 2 heterocycles. The highest BCUT2D eigenvalue weighted by atomic mass is 32.2. The zero-order valence-corrected chi connectivity index (χ0v) is 14.5. The lowest BCUT2D eigenvalue weighted by Gasteiger charge is -2.10. The maximum Gasteiger partial charge on any atom is 0.155 e. The summed E-state index contributed by atoms with van der Waals surface area (Å²) in [7, 11) is 1.68. The van der Waals surface area contributed by atoms with Crippen LogP contribution in [0.25, 0.3) is 10.9 Å². The molecule has 2 aromatic heterocycles. The molecule has 0 radical (unpaired) electrons. The molecule has 2 aromatic carbocycles. The highest BCUT2D eigenvalue weighted by Gasteiger charge is 2.10. The van der Waals surface area contributed by atoms with Crippen molar-refractivity contribution in [3.05, 3.63) is 79.1 Å². The first-order chi connectivity index (χ1) is 12.3. The third kappa shape index (κ3) is 3.32. The molecule has 4 nitrogen and oxygen atoms in total. The van der Waals surface area contributed by atoms with Crippen LogP contribution in [-0.4, -0.2) is 16.1 Å². The quantitative estimate of drug-likeness (QED) is 0.529. The van der Waals surface area contributed by atoms with Crippen LogP contribution in [0.15, 0.2) is 84.0 Å². The van der Waals surface area contributed by atoms with Crippen LogP contribution in [0.2, 0.25) is 0 Å². The van der Waals surface area contributed by atoms with E-state index in [0.29, 0.717) is 0 Å². The maximum atomic E-state index is 5.22. The smallest absolute Gasteiger partial charge is 0.155 e. The monoisotopic (exact) mass is 347 g/mol. The molecular formula is C20H17N3OS. The molecule has 4 rings (SSSR count). The molecule has 25 heavy (non-hydrogen) atoms. The van der Waals surface area contributed by atoms with Gasteiger partial charge in [0.2, 0.25) is 0 Å². The Morgan fingerprint density at radius 3 is 2.52 bits per heavy atom. The number of benzene rings is 2. The first-order valence-corrected chi connectivity index (χ1v) is 8.71. The second kappa shape index (κ2) is 6.91. The van der Waals surface area contributed by atoms with E-state index in [9.17, 15) is 0 Å². The standard InChI is InChI=1S/C20H17N3OS/c1-24-17-7-9-18(10-8-17)25-23-14-12-15-11-13-21-20(19(15)23)22-16-5-3-2-4-6-16/h2-14H,1H3,(H,21,22). The van der Waals surface area contributed by atoms with Gasteiger partial charge in [-0.25, -0.2) is 4.98 Å². The van der Waals surface area contributed by atoms with Gasteiger partial charge in [0, 0.05) is 28.4 Å². The lowest BCUT2D eigenvalue weighted by Crippen LogP contribution is -1.96. The van der Waals surface area contributed by atoms with Gasteiger partial charge in [0.1, 0.15) is 11.3 Å². The van der Waals surface area contributed by atoms with Gasteiger partial charge in [-0.2, -0.15) is 0 Å². The van der Waals surface area contributed by atoms with Crippen LogP contribution >= 0.6 is 11.9 Å². The molecule has 0 unspecified atom stereocenters. The minimum Gasteiger partial charge on any atom is -0.497 e. The van der Waals surface area contributed by atoms with E-state index in [0.717, 1.165) is 33.1 Å². The van der Waals surface area contributed by atoms with Crippen LogP contribution in [0.3, 0.4) is 0 Å². The number of methoxy groups -OCH3 is 1. The molecule has 0 amide bonds. The second-order valence-electron chi connectivity index (χ2n) is 5.50. The highest BCUT2D eigenvalue weighted by molar-refractivity contribution is 7.98. The predicted octanol–water partition coefficient (Wildman–Crippen LogP) is 5.34. The first kappa shape index (κ1) is 15.6. The largest absolute Gasteiger partial charge is 0.497 e. The molecule has 0 aliphatic carbocycles. The van der Waals surface area contributed by atoms with Gasteiger partial charge in [0.25, 0.3) is 0 Å². The van der Waals surface area contributed by atoms with Crippen molar-refractivity contribution in [1.29, 1.82) is 0 Å². The van der Waals surface area contributed by atoms with Gasteiger partial charge in [-0.1, -0.05) is 18.2 Å². The third-order valence-electron chi connectivity index (χ3n) is 3.87. The normalized spacial score (nSPS) is 10.8. The van der Waals surface area contributed by atoms with Gasteiger partial charge in [0.05, 0.1) is 7.11 Å². The minimum atomic E-state index is 0.842. The topological polar surface area (TPSA) is 39.1 Å². The van der Waals surface area contributed by atoms with Crippen molar-refractivity contribution in [3.63, 3.8) is 0 Å². The Kier molecular flexibility index (Phi) is 4.31. The third-order valence-corrected chi connectivity index (χ3v) is 4.85. The van der Waals surface area contributed by atoms with Crippen molar-refractivity contribution < 1.29 is 4.74 Å². The van der Waals surface area contributed by atoms with Crippen LogP contribution < -0.4 is 10.1 Å². The summed E-state index contributed by atoms with van der Waals surface area (Å²) in [6, 6.07) is 22.2. The molecule has 0 bridgehead atoms. The summed E-state index contributed by atoms with van der Waals surface area (Å²) in [6.07, 6.45) is 3.90. The van der Waals surface area contributed by atoms with Gasteiger partial charge in [-0.3, -0.25) is 3.97 Å². The van der Waals surface area contributed by atoms with Crippen molar-refractivity contribution in [2.75, 3.05) is 12.4 Å². The molecule has 124 valence electrons. The SMILES string of the molecule is COc1ccc(Sn2ccc3ccnc(Nc4ccccc4)c32)cc1. The lowest BCUT2D eigenvalue weighted by atomic mass is 10.3. The Bertz CT molecular complexity index is 981. The van der Waals surface area contributed by atoms with Crippen LogP contribution in [0.5, 0.6) is 5.75 Å². The highest BCUT2D eigenvalue weighted by Crippen LogP contribution is 2.32. The average molecular weight is 347 g/mol. The first-order valence-electron chi connectivity index (χ1n) is 7.94. The average Bonchev–Trinajstić information content (AvgIpc) is 3.07. The summed E-state index contributed by atoms with van der Waals surface area (Å²) in [5.74, 6) is 1.70. The number of fused-ring (bicyclic) bond motifs is 1. The molecule has 0 atom stereocenters. The molecule has 0 saturated carbocycles. The van der Waals surface area contributed by atoms with E-state index in [1.165, 1.54) is 0 Å². The summed E-state index contributed by atoms with van der Waals surface area (Å²) < 4.78 is 7.36. The van der Waals surface area contributed by atoms with Crippen molar-refractivity contribution in [2.24, 2.45) is 0 Å². The van der Waals surface area contributed by atoms with Crippen LogP contribution in [0, 0.1) is 0 Å². The summed E-state index contributed by atoms with van der Waals surface area (Å²) in [4.78, 5) is 5.67. The predicted molar refractivity (Wildman–Crippen MR) is 104 cm³/mol. The minimum absolute atomic E-state index is 0.842. The lowest BCUT2D eigenvalue weighted by molar-refractivity contribution is 0.414. The number of nitrogens with zero attached hydrogens (tertiary/aromatic N) is 2. The number of anilines is 2. The zero-order valence-electron chi connectivity index (χ0n) is 13.7. The molecule has 0 aliphatic rings. The fraction of sp³-hybridized carbons (Fsp3) is 0.0500. The van der Waals surface area contributed by atoms with Crippen LogP contribution in [-0.2, 0) is 0 Å². The number of hydrogen-bond donors (Lipinski definition) is 1. The van der Waals surface area contributed by atoms with E-state index in [4.69, 9.17) is 4.74 Å². The number of ether oxygens (including phenoxy) is 1. The van der Waals surface area contributed by atoms with Gasteiger partial charge in [-0.05, 0) is 60.5 Å². The number of rotatable bonds is 5. The van der Waals surface area contributed by atoms with Crippen molar-refractivity contribution in [3.8, 4) is 5.75 Å². The van der Waals surface area contributed by atoms with Crippen LogP contribution in [0.1, 0.15) is 0 Å². The van der Waals surface area contributed by atoms with E-state index in [1.54, 1.807) is 19.1 Å². The number of para-hydroxylation sites is 1. The summed E-state index contributed by atoms with van der Waals surface area (Å²) >= 11 is 1.65. The Labute approximate surface area is 150 Å². The van der Waals surface area contributed by atoms with Crippen LogP contribution in [0.4, 0.5) is 11.5 Å². The van der Waals surface area contributed by atoms with E-state index < -0.39 is 0 Å². The summed E-state index contributed by atoms with van der Waals surface area (Å²) in [6.45, 7) is 0. The summed E-state index contributed by atoms with van der Waals surface area (Å²) in [5, 5.41) is 4.56. The van der Waals surface area contributed by atoms with E-state index in [1.807, 2.05) is 54.7 Å². The van der Waals surface area contributed by atoms with Crippen molar-refractivity contribution in [1.82, 2.24) is 8.96 Å². The van der Waals surface area contributed by atoms with Gasteiger partial charge >= 0.3 is 0 Å². The molecule has 5 heteroatoms. The van der Waals surface area contributed by atoms with Crippen molar-refractivity contribution >= 4 is 34.4 Å². The molecule has 0 spiro atoms. The zero-order chi connectivity index (χ0) is 17.1. The number of aromatic nitrogens is 2. The number of hydrogen-bond acceptors (Lipinski definition) is 4. The second-order valence-corrected chi connectivity index (χ2v) is 6.54. The van der Waals surface area contributed by atoms with E-state index in [2.05, 4.69) is 38.7 Å². The van der Waals surface area contributed by atoms with Gasteiger partial charge in [-0.15, -0.1) is 0 Å². The molecule has 1 N–H and O–H groups in total. The van der Waals surface area contributed by atoms with Crippen molar-refractivity contribution in [2.45, 2.75) is 4.90 Å². The molecule has 4 aromatic rings. The maximum absolute atomic E-state index is 5.22. The van der Waals surface area contributed by atoms with E-state index in [-0.39, 0.29) is 0 Å². The Balaban J connectivity index is 1.69. The fourth-order valence-electron chi connectivity index (χ4n) is 2.63. The molecule has 0 saturated heterocycles. The number of nitrogens with one attached hydrogen (secondary N) is 1. The molecule has 0 aliphatic heterocycles. The van der Waals surface area contributed by atoms with Gasteiger partial charge in [0.15, 0.2) is 5.82 Å². The summed E-state index contributed by atoms with van der Waals surface area (Å²) in [5.41, 5.74) is 2.08. The van der Waals surface area contributed by atoms with Gasteiger partial charge < -0.3 is 10.1 Å². The Hall–Kier alpha value is -2.92. The Morgan fingerprint density at radius 2 is 1.76 bits per heavy atom. The fourth-order valence-corrected chi connectivity index (χ4v) is 3.52. The molecule has 0 fully saturated rings. The molecular weight excluding hydrogens is 330 g/mol. The Morgan fingerprint density at radius 1 is 0.960 bits per heavy atom. The number of pyridine rings is 1. The van der Waals surface area contributed by atoms with E-state index >= 15 is 0 Å².